The van der Waals surface area contributed by atoms with Crippen LogP contribution in [-0.2, 0) is 0 Å². The van der Waals surface area contributed by atoms with Gasteiger partial charge in [0.1, 0.15) is 0 Å². The predicted octanol–water partition coefficient (Wildman–Crippen LogP) is 0.377. The normalized spacial score (nSPS) is 16.3. The third kappa shape index (κ3) is 3.25. The maximum absolute atomic E-state index is 8.46. The van der Waals surface area contributed by atoms with Gasteiger partial charge in [0.25, 0.3) is 0 Å². The summed E-state index contributed by atoms with van der Waals surface area (Å²) in [6, 6.07) is 0. The number of rotatable bonds is 2. The van der Waals surface area contributed by atoms with Gasteiger partial charge in [-0.2, -0.15) is 0 Å². The second-order valence-corrected chi connectivity index (χ2v) is 6.86. The molecule has 0 aliphatic carbocycles. The molecule has 0 aromatic heterocycles. The van der Waals surface area contributed by atoms with Crippen LogP contribution in [0, 0.1) is 0 Å². The SMILES string of the molecule is CC(CO)I(C)N. The molecule has 0 rings (SSSR count). The van der Waals surface area contributed by atoms with Gasteiger partial charge in [0, 0.05) is 0 Å². The maximum atomic E-state index is 8.46. The van der Waals surface area contributed by atoms with Gasteiger partial charge in [-0.3, -0.25) is 0 Å². The van der Waals surface area contributed by atoms with E-state index in [0.717, 1.165) is 0 Å². The van der Waals surface area contributed by atoms with Gasteiger partial charge in [-0.15, -0.1) is 0 Å². The van der Waals surface area contributed by atoms with Crippen molar-refractivity contribution in [2.24, 2.45) is 3.95 Å². The Kier molecular flexibility index (Phi) is 3.96. The van der Waals surface area contributed by atoms with E-state index in [1.807, 2.05) is 11.9 Å². The van der Waals surface area contributed by atoms with Crippen molar-refractivity contribution in [1.82, 2.24) is 0 Å². The minimum absolute atomic E-state index is 0.262. The first kappa shape index (κ1) is 7.65. The molecule has 0 aliphatic heterocycles. The van der Waals surface area contributed by atoms with Crippen LogP contribution in [0.3, 0.4) is 0 Å². The quantitative estimate of drug-likeness (QED) is 0.399. The summed E-state index contributed by atoms with van der Waals surface area (Å²) in [6.07, 6.45) is 0. The number of nitrogens with two attached hydrogens (primary N) is 1. The predicted molar refractivity (Wildman–Crippen MR) is 40.7 cm³/mol. The Morgan fingerprint density at radius 1 is 1.86 bits per heavy atom. The Bertz CT molecular complexity index is 49.0. The zero-order chi connectivity index (χ0) is 5.86. The minimum atomic E-state index is -1.16. The molecule has 0 spiro atoms. The molecule has 3 heteroatoms. The van der Waals surface area contributed by atoms with Crippen LogP contribution < -0.4 is 3.95 Å². The first-order valence-electron chi connectivity index (χ1n) is 2.12. The van der Waals surface area contributed by atoms with E-state index in [1.54, 1.807) is 0 Å². The molecule has 0 aromatic rings. The van der Waals surface area contributed by atoms with Crippen molar-refractivity contribution in [3.05, 3.63) is 0 Å². The first-order valence-corrected chi connectivity index (χ1v) is 6.76. The average molecular weight is 217 g/mol. The molecule has 46 valence electrons. The van der Waals surface area contributed by atoms with Gasteiger partial charge in [0.2, 0.25) is 0 Å². The molecule has 0 aromatic carbocycles. The zero-order valence-electron chi connectivity index (χ0n) is 4.69. The van der Waals surface area contributed by atoms with E-state index >= 15 is 0 Å². The Morgan fingerprint density at radius 2 is 2.29 bits per heavy atom. The van der Waals surface area contributed by atoms with Gasteiger partial charge >= 0.3 is 51.5 Å². The van der Waals surface area contributed by atoms with E-state index in [0.29, 0.717) is 3.92 Å². The summed E-state index contributed by atoms with van der Waals surface area (Å²) in [7, 11) is 0. The Labute approximate surface area is 51.8 Å². The van der Waals surface area contributed by atoms with Crippen molar-refractivity contribution in [1.29, 1.82) is 0 Å². The van der Waals surface area contributed by atoms with Crippen molar-refractivity contribution in [2.75, 3.05) is 11.5 Å². The van der Waals surface area contributed by atoms with Crippen molar-refractivity contribution >= 4 is 20.1 Å². The molecule has 0 radical (unpaired) electrons. The summed E-state index contributed by atoms with van der Waals surface area (Å²) in [5.74, 6) is 0. The fraction of sp³-hybridized carbons (Fsp3) is 1.00. The fourth-order valence-corrected chi connectivity index (χ4v) is 0.730. The molecule has 0 amide bonds. The van der Waals surface area contributed by atoms with Crippen molar-refractivity contribution < 1.29 is 5.11 Å². The molecule has 1 unspecified atom stereocenters. The van der Waals surface area contributed by atoms with Gasteiger partial charge in [-0.25, -0.2) is 0 Å². The summed E-state index contributed by atoms with van der Waals surface area (Å²) in [5.41, 5.74) is 0. The van der Waals surface area contributed by atoms with Gasteiger partial charge in [0.05, 0.1) is 0 Å². The zero-order valence-corrected chi connectivity index (χ0v) is 6.84. The number of alkyl halides is 2. The van der Waals surface area contributed by atoms with Gasteiger partial charge in [-0.1, -0.05) is 0 Å². The van der Waals surface area contributed by atoms with E-state index in [4.69, 9.17) is 9.05 Å². The third-order valence-corrected chi connectivity index (χ3v) is 4.59. The molecule has 2 nitrogen and oxygen atoms in total. The standard InChI is InChI=1S/C4H12INO/c1-4(3-7)5(2)6/h4,7H,3,6H2,1-2H3. The third-order valence-electron chi connectivity index (χ3n) is 0.839. The van der Waals surface area contributed by atoms with E-state index in [-0.39, 0.29) is 6.61 Å². The molecule has 7 heavy (non-hydrogen) atoms. The summed E-state index contributed by atoms with van der Waals surface area (Å²) >= 11 is -1.16. The topological polar surface area (TPSA) is 46.2 Å². The molecular weight excluding hydrogens is 205 g/mol. The van der Waals surface area contributed by atoms with Crippen LogP contribution in [0.2, 0.25) is 0 Å². The first-order chi connectivity index (χ1) is 3.18. The Hall–Kier alpha value is 0.650. The molecule has 0 saturated carbocycles. The van der Waals surface area contributed by atoms with Crippen molar-refractivity contribution in [3.63, 3.8) is 0 Å². The van der Waals surface area contributed by atoms with Crippen LogP contribution in [0.15, 0.2) is 0 Å². The van der Waals surface area contributed by atoms with E-state index in [2.05, 4.69) is 0 Å². The molecular formula is C4H12INO. The monoisotopic (exact) mass is 217 g/mol. The number of halogens is 1. The molecule has 0 aliphatic rings. The average Bonchev–Trinajstić information content (AvgIpc) is 1.65. The summed E-state index contributed by atoms with van der Waals surface area (Å²) in [5, 5.41) is 8.46. The second kappa shape index (κ2) is 3.63. The van der Waals surface area contributed by atoms with Crippen molar-refractivity contribution in [3.8, 4) is 0 Å². The van der Waals surface area contributed by atoms with Crippen LogP contribution in [0.1, 0.15) is 6.92 Å². The number of hydrogen-bond donors (Lipinski definition) is 2. The molecule has 1 atom stereocenters. The summed E-state index contributed by atoms with van der Waals surface area (Å²) < 4.78 is 5.94. The number of aliphatic hydroxyl groups is 1. The second-order valence-electron chi connectivity index (χ2n) is 1.53. The van der Waals surface area contributed by atoms with Gasteiger partial charge in [0.15, 0.2) is 0 Å². The summed E-state index contributed by atoms with van der Waals surface area (Å²) in [4.78, 5) is 2.05. The number of hydrogen-bond acceptors (Lipinski definition) is 2. The molecule has 0 fully saturated rings. The Balaban J connectivity index is 3.14. The van der Waals surface area contributed by atoms with Crippen LogP contribution in [0.4, 0.5) is 0 Å². The van der Waals surface area contributed by atoms with E-state index < -0.39 is 20.1 Å². The van der Waals surface area contributed by atoms with Gasteiger partial charge in [-0.05, 0) is 0 Å². The summed E-state index contributed by atoms with van der Waals surface area (Å²) in [6.45, 7) is 2.25. The van der Waals surface area contributed by atoms with Crippen LogP contribution in [0.25, 0.3) is 0 Å². The Morgan fingerprint density at radius 3 is 2.29 bits per heavy atom. The number of aliphatic hydroxyl groups excluding tert-OH is 1. The molecule has 0 heterocycles. The van der Waals surface area contributed by atoms with Crippen LogP contribution >= 0.6 is 20.1 Å². The molecule has 0 bridgehead atoms. The van der Waals surface area contributed by atoms with Gasteiger partial charge < -0.3 is 0 Å². The molecule has 0 saturated heterocycles. The van der Waals surface area contributed by atoms with Crippen LogP contribution in [0.5, 0.6) is 0 Å². The van der Waals surface area contributed by atoms with E-state index in [1.165, 1.54) is 0 Å². The molecule has 3 N–H and O–H groups in total. The fourth-order valence-electron chi connectivity index (χ4n) is 0.109. The van der Waals surface area contributed by atoms with Crippen molar-refractivity contribution in [2.45, 2.75) is 10.8 Å². The van der Waals surface area contributed by atoms with E-state index in [9.17, 15) is 0 Å². The van der Waals surface area contributed by atoms with Crippen LogP contribution in [-0.4, -0.2) is 20.6 Å².